The van der Waals surface area contributed by atoms with E-state index in [1.165, 1.54) is 57.8 Å². The van der Waals surface area contributed by atoms with Gasteiger partial charge in [-0.15, -0.1) is 0 Å². The maximum Gasteiger partial charge on any atom is 0.172 e. The molecule has 0 N–H and O–H groups in total. The van der Waals surface area contributed by atoms with Crippen molar-refractivity contribution in [1.82, 2.24) is 0 Å². The van der Waals surface area contributed by atoms with E-state index in [0.717, 1.165) is 61.6 Å². The Bertz CT molecular complexity index is 689. The zero-order valence-electron chi connectivity index (χ0n) is 21.1. The predicted molar refractivity (Wildman–Crippen MR) is 128 cm³/mol. The van der Waals surface area contributed by atoms with Crippen molar-refractivity contribution in [3.63, 3.8) is 0 Å². The second-order valence-corrected chi connectivity index (χ2v) is 13.1. The topological polar surface area (TPSA) is 18.5 Å². The molecular weight excluding hydrogens is 380 g/mol. The summed E-state index contributed by atoms with van der Waals surface area (Å²) in [5.74, 6) is 5.20. The number of hydrogen-bond donors (Lipinski definition) is 0. The molecule has 7 atom stereocenters. The molecule has 2 heteroatoms. The van der Waals surface area contributed by atoms with E-state index in [4.69, 9.17) is 9.47 Å². The molecule has 2 nitrogen and oxygen atoms in total. The molecule has 1 spiro atoms. The Morgan fingerprint density at radius 3 is 2.45 bits per heavy atom. The Labute approximate surface area is 191 Å². The summed E-state index contributed by atoms with van der Waals surface area (Å²) in [4.78, 5) is 0. The monoisotopic (exact) mass is 428 g/mol. The van der Waals surface area contributed by atoms with Crippen LogP contribution in [0, 0.1) is 46.3 Å². The van der Waals surface area contributed by atoms with E-state index >= 15 is 0 Å². The normalized spacial score (nSPS) is 44.6. The van der Waals surface area contributed by atoms with Gasteiger partial charge in [0, 0.05) is 12.8 Å². The summed E-state index contributed by atoms with van der Waals surface area (Å²) in [7, 11) is 0. The Kier molecular flexibility index (Phi) is 5.91. The van der Waals surface area contributed by atoms with E-state index in [9.17, 15) is 0 Å². The zero-order chi connectivity index (χ0) is 21.9. The number of rotatable bonds is 5. The van der Waals surface area contributed by atoms with Gasteiger partial charge in [0.1, 0.15) is 0 Å². The molecular formula is C29H48O2. The summed E-state index contributed by atoms with van der Waals surface area (Å²) in [6, 6.07) is 0. The summed E-state index contributed by atoms with van der Waals surface area (Å²) >= 11 is 0. The van der Waals surface area contributed by atoms with Crippen LogP contribution in [0.5, 0.6) is 0 Å². The van der Waals surface area contributed by atoms with Crippen molar-refractivity contribution in [2.24, 2.45) is 46.3 Å². The van der Waals surface area contributed by atoms with Crippen LogP contribution in [-0.2, 0) is 9.47 Å². The molecule has 1 aliphatic heterocycles. The minimum atomic E-state index is -0.273. The van der Waals surface area contributed by atoms with Gasteiger partial charge in [0.2, 0.25) is 0 Å². The highest BCUT2D eigenvalue weighted by Gasteiger charge is 2.60. The molecule has 0 amide bonds. The van der Waals surface area contributed by atoms with Gasteiger partial charge in [-0.05, 0) is 84.9 Å². The number of fused-ring (bicyclic) bond motifs is 5. The Hall–Kier alpha value is -0.340. The van der Waals surface area contributed by atoms with Crippen LogP contribution in [0.3, 0.4) is 0 Å². The summed E-state index contributed by atoms with van der Waals surface area (Å²) in [5.41, 5.74) is 2.67. The number of hydrogen-bond acceptors (Lipinski definition) is 2. The zero-order valence-corrected chi connectivity index (χ0v) is 21.1. The van der Waals surface area contributed by atoms with Crippen LogP contribution in [0.4, 0.5) is 0 Å². The molecule has 176 valence electrons. The van der Waals surface area contributed by atoms with Gasteiger partial charge in [-0.2, -0.15) is 0 Å². The Morgan fingerprint density at radius 1 is 0.935 bits per heavy atom. The number of ether oxygens (including phenoxy) is 2. The average Bonchev–Trinajstić information content (AvgIpc) is 3.32. The Balaban J connectivity index is 1.31. The third-order valence-corrected chi connectivity index (χ3v) is 11.1. The molecule has 4 aliphatic carbocycles. The molecule has 1 saturated heterocycles. The summed E-state index contributed by atoms with van der Waals surface area (Å²) in [6.07, 6.45) is 17.6. The SMILES string of the molecule is CC(C)CCCC(C)C1CCC2C3CC=C4CC5(CCC4(C)C3CCC12C)OCCO5. The highest BCUT2D eigenvalue weighted by atomic mass is 16.7. The predicted octanol–water partition coefficient (Wildman–Crippen LogP) is 7.77. The highest BCUT2D eigenvalue weighted by molar-refractivity contribution is 5.26. The summed E-state index contributed by atoms with van der Waals surface area (Å²) < 4.78 is 12.2. The largest absolute Gasteiger partial charge is 0.347 e. The molecule has 5 aliphatic rings. The average molecular weight is 429 g/mol. The van der Waals surface area contributed by atoms with Crippen LogP contribution in [0.1, 0.15) is 105 Å². The van der Waals surface area contributed by atoms with Crippen LogP contribution in [0.2, 0.25) is 0 Å². The maximum absolute atomic E-state index is 6.12. The summed E-state index contributed by atoms with van der Waals surface area (Å²) in [6.45, 7) is 14.2. The molecule has 0 aromatic rings. The molecule has 5 rings (SSSR count). The van der Waals surface area contributed by atoms with Crippen LogP contribution in [0.15, 0.2) is 11.6 Å². The lowest BCUT2D eigenvalue weighted by Crippen LogP contribution is -2.52. The van der Waals surface area contributed by atoms with Crippen molar-refractivity contribution in [2.45, 2.75) is 111 Å². The fourth-order valence-electron chi connectivity index (χ4n) is 9.37. The molecule has 0 bridgehead atoms. The molecule has 1 heterocycles. The van der Waals surface area contributed by atoms with Crippen LogP contribution < -0.4 is 0 Å². The van der Waals surface area contributed by atoms with E-state index in [0.29, 0.717) is 10.8 Å². The maximum atomic E-state index is 6.12. The van der Waals surface area contributed by atoms with Crippen molar-refractivity contribution in [2.75, 3.05) is 13.2 Å². The second kappa shape index (κ2) is 8.15. The minimum Gasteiger partial charge on any atom is -0.347 e. The van der Waals surface area contributed by atoms with E-state index in [1.54, 1.807) is 5.57 Å². The van der Waals surface area contributed by atoms with E-state index in [-0.39, 0.29) is 5.79 Å². The highest BCUT2D eigenvalue weighted by Crippen LogP contribution is 2.68. The molecule has 7 unspecified atom stereocenters. The minimum absolute atomic E-state index is 0.273. The van der Waals surface area contributed by atoms with Crippen molar-refractivity contribution >= 4 is 0 Å². The van der Waals surface area contributed by atoms with Crippen LogP contribution in [-0.4, -0.2) is 19.0 Å². The van der Waals surface area contributed by atoms with Crippen molar-refractivity contribution in [3.8, 4) is 0 Å². The standard InChI is InChI=1S/C29H48O2/c1-20(2)7-6-8-21(3)24-11-12-25-23-10-9-22-19-29(30-17-18-31-29)16-15-27(22,4)26(23)13-14-28(24,25)5/h9,20-21,23-26H,6-8,10-19H2,1-5H3. The lowest BCUT2D eigenvalue weighted by Gasteiger charge is -2.59. The van der Waals surface area contributed by atoms with Gasteiger partial charge in [-0.25, -0.2) is 0 Å². The first-order valence-corrected chi connectivity index (χ1v) is 13.7. The van der Waals surface area contributed by atoms with Crippen molar-refractivity contribution < 1.29 is 9.47 Å². The third-order valence-electron chi connectivity index (χ3n) is 11.1. The first-order chi connectivity index (χ1) is 14.8. The first-order valence-electron chi connectivity index (χ1n) is 13.7. The molecule has 0 aromatic heterocycles. The van der Waals surface area contributed by atoms with Gasteiger partial charge < -0.3 is 9.47 Å². The fraction of sp³-hybridized carbons (Fsp3) is 0.931. The Morgan fingerprint density at radius 2 is 1.71 bits per heavy atom. The first kappa shape index (κ1) is 22.5. The molecule has 4 fully saturated rings. The number of allylic oxidation sites excluding steroid dienone is 1. The fourth-order valence-corrected chi connectivity index (χ4v) is 9.37. The second-order valence-electron chi connectivity index (χ2n) is 13.1. The van der Waals surface area contributed by atoms with E-state index in [1.807, 2.05) is 0 Å². The smallest absolute Gasteiger partial charge is 0.172 e. The van der Waals surface area contributed by atoms with E-state index in [2.05, 4.69) is 40.7 Å². The van der Waals surface area contributed by atoms with Gasteiger partial charge in [0.15, 0.2) is 5.79 Å². The van der Waals surface area contributed by atoms with Crippen LogP contribution >= 0.6 is 0 Å². The van der Waals surface area contributed by atoms with Gasteiger partial charge in [-0.3, -0.25) is 0 Å². The van der Waals surface area contributed by atoms with Gasteiger partial charge in [0.05, 0.1) is 13.2 Å². The van der Waals surface area contributed by atoms with Gasteiger partial charge in [-0.1, -0.05) is 65.5 Å². The lowest BCUT2D eigenvalue weighted by molar-refractivity contribution is -0.185. The summed E-state index contributed by atoms with van der Waals surface area (Å²) in [5, 5.41) is 0. The molecule has 0 radical (unpaired) electrons. The lowest BCUT2D eigenvalue weighted by atomic mass is 9.46. The van der Waals surface area contributed by atoms with E-state index < -0.39 is 0 Å². The van der Waals surface area contributed by atoms with Gasteiger partial charge >= 0.3 is 0 Å². The van der Waals surface area contributed by atoms with Crippen LogP contribution in [0.25, 0.3) is 0 Å². The molecule has 3 saturated carbocycles. The van der Waals surface area contributed by atoms with Crippen molar-refractivity contribution in [3.05, 3.63) is 11.6 Å². The molecule has 31 heavy (non-hydrogen) atoms. The third kappa shape index (κ3) is 3.67. The quantitative estimate of drug-likeness (QED) is 0.416. The van der Waals surface area contributed by atoms with Gasteiger partial charge in [0.25, 0.3) is 0 Å². The molecule has 0 aromatic carbocycles. The van der Waals surface area contributed by atoms with Crippen molar-refractivity contribution in [1.29, 1.82) is 0 Å².